The van der Waals surface area contributed by atoms with Crippen LogP contribution in [0.25, 0.3) is 0 Å². The molecule has 7 nitrogen and oxygen atoms in total. The van der Waals surface area contributed by atoms with Crippen LogP contribution in [0, 0.1) is 5.92 Å². The van der Waals surface area contributed by atoms with Gasteiger partial charge in [0.1, 0.15) is 12.7 Å². The van der Waals surface area contributed by atoms with Gasteiger partial charge in [0.15, 0.2) is 0 Å². The molecular formula is C27H44O7. The van der Waals surface area contributed by atoms with E-state index in [2.05, 4.69) is 26.0 Å². The number of esters is 1. The van der Waals surface area contributed by atoms with Gasteiger partial charge < -0.3 is 29.5 Å². The minimum absolute atomic E-state index is 0.0114. The van der Waals surface area contributed by atoms with Crippen molar-refractivity contribution in [3.63, 3.8) is 0 Å². The molecule has 0 fully saturated rings. The monoisotopic (exact) mass is 480 g/mol. The summed E-state index contributed by atoms with van der Waals surface area (Å²) in [6.07, 6.45) is 3.18. The van der Waals surface area contributed by atoms with E-state index in [0.717, 1.165) is 23.1 Å². The minimum atomic E-state index is -0.700. The fourth-order valence-electron chi connectivity index (χ4n) is 4.20. The van der Waals surface area contributed by atoms with Crippen molar-refractivity contribution in [1.82, 2.24) is 0 Å². The molecule has 4 unspecified atom stereocenters. The molecule has 0 aliphatic rings. The predicted octanol–water partition coefficient (Wildman–Crippen LogP) is 3.18. The molecule has 0 aliphatic carbocycles. The summed E-state index contributed by atoms with van der Waals surface area (Å²) in [4.78, 5) is 11.9. The minimum Gasteiger partial charge on any atom is -0.456 e. The van der Waals surface area contributed by atoms with Gasteiger partial charge in [-0.3, -0.25) is 0 Å². The molecule has 194 valence electrons. The third kappa shape index (κ3) is 9.12. The van der Waals surface area contributed by atoms with E-state index in [-0.39, 0.29) is 36.8 Å². The zero-order chi connectivity index (χ0) is 25.7. The number of carbonyl (C=O) groups excluding carboxylic acids is 1. The van der Waals surface area contributed by atoms with E-state index in [1.807, 2.05) is 32.1 Å². The third-order valence-electron chi connectivity index (χ3n) is 6.62. The van der Waals surface area contributed by atoms with Gasteiger partial charge in [0.05, 0.1) is 12.2 Å². The summed E-state index contributed by atoms with van der Waals surface area (Å²) in [5, 5.41) is 28.1. The summed E-state index contributed by atoms with van der Waals surface area (Å²) in [6.45, 7) is 7.50. The SMILES string of the molecule is CCC(C=C(C)C(CC(CC(OC)C(C)(C)c1cccc(CCO)c1)OC)OC(=O)CO)CO. The molecule has 0 aliphatic heterocycles. The standard InChI is InChI=1S/C27H44O7/c1-7-20(17-29)13-19(2)24(34-26(31)18-30)15-23(32-5)16-25(33-6)27(3,4)22-10-8-9-21(14-22)11-12-28/h8-10,13-14,20,23-25,28-30H,7,11-12,15-18H2,1-6H3. The van der Waals surface area contributed by atoms with Gasteiger partial charge in [-0.1, -0.05) is 51.1 Å². The maximum absolute atomic E-state index is 11.9. The van der Waals surface area contributed by atoms with Gasteiger partial charge in [-0.05, 0) is 36.5 Å². The van der Waals surface area contributed by atoms with Crippen molar-refractivity contribution in [3.05, 3.63) is 47.0 Å². The van der Waals surface area contributed by atoms with E-state index in [1.54, 1.807) is 14.2 Å². The van der Waals surface area contributed by atoms with Gasteiger partial charge in [0.2, 0.25) is 0 Å². The number of ether oxygens (including phenoxy) is 3. The Bertz CT molecular complexity index is 755. The number of carbonyl (C=O) groups is 1. The van der Waals surface area contributed by atoms with Gasteiger partial charge in [0, 0.05) is 51.6 Å². The van der Waals surface area contributed by atoms with Crippen molar-refractivity contribution in [3.8, 4) is 0 Å². The summed E-state index contributed by atoms with van der Waals surface area (Å²) in [7, 11) is 3.30. The highest BCUT2D eigenvalue weighted by Gasteiger charge is 2.35. The molecule has 0 radical (unpaired) electrons. The van der Waals surface area contributed by atoms with Crippen LogP contribution in [0.15, 0.2) is 35.9 Å². The lowest BCUT2D eigenvalue weighted by molar-refractivity contribution is -0.152. The van der Waals surface area contributed by atoms with Crippen molar-refractivity contribution in [2.24, 2.45) is 5.92 Å². The van der Waals surface area contributed by atoms with Crippen molar-refractivity contribution in [1.29, 1.82) is 0 Å². The molecule has 0 bridgehead atoms. The molecule has 1 aromatic carbocycles. The first-order valence-electron chi connectivity index (χ1n) is 12.0. The Hall–Kier alpha value is -1.77. The number of aliphatic hydroxyl groups excluding tert-OH is 3. The first-order valence-corrected chi connectivity index (χ1v) is 12.0. The Kier molecular flexibility index (Phi) is 13.6. The molecule has 3 N–H and O–H groups in total. The topological polar surface area (TPSA) is 105 Å². The van der Waals surface area contributed by atoms with Crippen molar-refractivity contribution < 1.29 is 34.3 Å². The van der Waals surface area contributed by atoms with E-state index in [0.29, 0.717) is 19.3 Å². The zero-order valence-electron chi connectivity index (χ0n) is 21.6. The maximum atomic E-state index is 11.9. The number of hydrogen-bond acceptors (Lipinski definition) is 7. The number of aliphatic hydroxyl groups is 3. The Morgan fingerprint density at radius 2 is 1.82 bits per heavy atom. The summed E-state index contributed by atoms with van der Waals surface area (Å²) in [5.74, 6) is -0.734. The highest BCUT2D eigenvalue weighted by atomic mass is 16.6. The first-order chi connectivity index (χ1) is 16.2. The molecule has 4 atom stereocenters. The second-order valence-corrected chi connectivity index (χ2v) is 9.35. The Labute approximate surface area is 204 Å². The van der Waals surface area contributed by atoms with Crippen LogP contribution < -0.4 is 0 Å². The van der Waals surface area contributed by atoms with Crippen LogP contribution in [0.2, 0.25) is 0 Å². The van der Waals surface area contributed by atoms with E-state index < -0.39 is 18.7 Å². The number of hydrogen-bond donors (Lipinski definition) is 3. The van der Waals surface area contributed by atoms with Crippen LogP contribution in [0.1, 0.15) is 58.1 Å². The molecule has 1 rings (SSSR count). The van der Waals surface area contributed by atoms with E-state index >= 15 is 0 Å². The largest absolute Gasteiger partial charge is 0.456 e. The van der Waals surface area contributed by atoms with Crippen LogP contribution in [0.5, 0.6) is 0 Å². The van der Waals surface area contributed by atoms with Crippen molar-refractivity contribution >= 4 is 5.97 Å². The van der Waals surface area contributed by atoms with Gasteiger partial charge in [-0.2, -0.15) is 0 Å². The smallest absolute Gasteiger partial charge is 0.332 e. The summed E-state index contributed by atoms with van der Waals surface area (Å²) in [6, 6.07) is 8.16. The second-order valence-electron chi connectivity index (χ2n) is 9.35. The van der Waals surface area contributed by atoms with E-state index in [9.17, 15) is 20.1 Å². The average Bonchev–Trinajstić information content (AvgIpc) is 2.84. The second kappa shape index (κ2) is 15.3. The third-order valence-corrected chi connectivity index (χ3v) is 6.62. The molecule has 7 heteroatoms. The molecule has 0 aromatic heterocycles. The van der Waals surface area contributed by atoms with E-state index in [4.69, 9.17) is 14.2 Å². The Balaban J connectivity index is 3.12. The highest BCUT2D eigenvalue weighted by molar-refractivity contribution is 5.70. The number of rotatable bonds is 16. The van der Waals surface area contributed by atoms with Gasteiger partial charge in [0.25, 0.3) is 0 Å². The molecule has 1 aromatic rings. The van der Waals surface area contributed by atoms with Crippen LogP contribution >= 0.6 is 0 Å². The molecule has 0 amide bonds. The average molecular weight is 481 g/mol. The fourth-order valence-corrected chi connectivity index (χ4v) is 4.20. The van der Waals surface area contributed by atoms with Crippen LogP contribution in [0.4, 0.5) is 0 Å². The van der Waals surface area contributed by atoms with Gasteiger partial charge in [-0.15, -0.1) is 0 Å². The summed E-state index contributed by atoms with van der Waals surface area (Å²) >= 11 is 0. The fraction of sp³-hybridized carbons (Fsp3) is 0.667. The number of benzene rings is 1. The molecule has 0 saturated heterocycles. The van der Waals surface area contributed by atoms with Crippen LogP contribution in [0.3, 0.4) is 0 Å². The van der Waals surface area contributed by atoms with E-state index in [1.165, 1.54) is 0 Å². The predicted molar refractivity (Wildman–Crippen MR) is 133 cm³/mol. The lowest BCUT2D eigenvalue weighted by Gasteiger charge is -2.36. The normalized spacial score (nSPS) is 16.1. The lowest BCUT2D eigenvalue weighted by atomic mass is 9.76. The van der Waals surface area contributed by atoms with Crippen molar-refractivity contribution in [2.75, 3.05) is 34.0 Å². The molecule has 34 heavy (non-hydrogen) atoms. The molecule has 0 spiro atoms. The summed E-state index contributed by atoms with van der Waals surface area (Å²) in [5.41, 5.74) is 2.64. The zero-order valence-corrected chi connectivity index (χ0v) is 21.6. The van der Waals surface area contributed by atoms with Crippen LogP contribution in [-0.2, 0) is 30.8 Å². The van der Waals surface area contributed by atoms with Crippen LogP contribution in [-0.4, -0.2) is 73.6 Å². The quantitative estimate of drug-likeness (QED) is 0.246. The Morgan fingerprint density at radius 1 is 1.12 bits per heavy atom. The first kappa shape index (κ1) is 30.3. The van der Waals surface area contributed by atoms with Gasteiger partial charge in [-0.25, -0.2) is 4.79 Å². The number of methoxy groups -OCH3 is 2. The highest BCUT2D eigenvalue weighted by Crippen LogP contribution is 2.33. The molecular weight excluding hydrogens is 436 g/mol. The Morgan fingerprint density at radius 3 is 2.35 bits per heavy atom. The molecule has 0 heterocycles. The van der Waals surface area contributed by atoms with Gasteiger partial charge >= 0.3 is 5.97 Å². The van der Waals surface area contributed by atoms with Crippen molar-refractivity contribution in [2.45, 2.75) is 77.1 Å². The molecule has 0 saturated carbocycles. The lowest BCUT2D eigenvalue weighted by Crippen LogP contribution is -2.39. The maximum Gasteiger partial charge on any atom is 0.332 e. The summed E-state index contributed by atoms with van der Waals surface area (Å²) < 4.78 is 17.2.